The van der Waals surface area contributed by atoms with Crippen LogP contribution in [0.1, 0.15) is 19.3 Å². The zero-order valence-electron chi connectivity index (χ0n) is 5.90. The third-order valence-electron chi connectivity index (χ3n) is 1.77. The molecule has 1 saturated carbocycles. The normalized spacial score (nSPS) is 22.7. The van der Waals surface area contributed by atoms with E-state index in [1.165, 1.54) is 0 Å². The van der Waals surface area contributed by atoms with Crippen molar-refractivity contribution in [3.8, 4) is 0 Å². The zero-order valence-corrected chi connectivity index (χ0v) is 7.49. The van der Waals surface area contributed by atoms with Crippen molar-refractivity contribution in [3.63, 3.8) is 0 Å². The van der Waals surface area contributed by atoms with E-state index in [1.807, 2.05) is 0 Å². The molecule has 5 heteroatoms. The van der Waals surface area contributed by atoms with Gasteiger partial charge in [-0.2, -0.15) is 0 Å². The van der Waals surface area contributed by atoms with Crippen LogP contribution < -0.4 is 0 Å². The van der Waals surface area contributed by atoms with E-state index in [2.05, 4.69) is 15.9 Å². The van der Waals surface area contributed by atoms with Gasteiger partial charge < -0.3 is 0 Å². The molecule has 1 radical (unpaired) electrons. The van der Waals surface area contributed by atoms with Gasteiger partial charge in [-0.15, -0.1) is 0 Å². The Balaban J connectivity index is 2.26. The quantitative estimate of drug-likeness (QED) is 0.314. The second kappa shape index (κ2) is 3.49. The Hall–Kier alpha value is -0.160. The fourth-order valence-corrected chi connectivity index (χ4v) is 1.15. The van der Waals surface area contributed by atoms with Gasteiger partial charge in [0.25, 0.3) is 4.95 Å². The highest BCUT2D eigenvalue weighted by Gasteiger charge is 2.34. The highest BCUT2D eigenvalue weighted by atomic mass is 79.9. The SMILES string of the molecule is [O]C(CC1CC1)C(Br)[N+](=O)[O-]. The Kier molecular flexibility index (Phi) is 2.84. The Labute approximate surface area is 72.9 Å². The van der Waals surface area contributed by atoms with Crippen LogP contribution in [0.4, 0.5) is 0 Å². The van der Waals surface area contributed by atoms with Gasteiger partial charge in [0.05, 0.1) is 0 Å². The first-order valence-corrected chi connectivity index (χ1v) is 4.46. The predicted molar refractivity (Wildman–Crippen MR) is 41.5 cm³/mol. The van der Waals surface area contributed by atoms with Crippen LogP contribution in [0.2, 0.25) is 0 Å². The lowest BCUT2D eigenvalue weighted by Gasteiger charge is -2.06. The van der Waals surface area contributed by atoms with E-state index in [-0.39, 0.29) is 0 Å². The summed E-state index contributed by atoms with van der Waals surface area (Å²) in [7, 11) is 0. The smallest absolute Gasteiger partial charge is 0.263 e. The Morgan fingerprint density at radius 1 is 1.64 bits per heavy atom. The highest BCUT2D eigenvalue weighted by molar-refractivity contribution is 9.09. The summed E-state index contributed by atoms with van der Waals surface area (Å²) < 4.78 is 0. The molecule has 1 aliphatic carbocycles. The number of halogens is 1. The van der Waals surface area contributed by atoms with Crippen LogP contribution >= 0.6 is 15.9 Å². The van der Waals surface area contributed by atoms with E-state index in [9.17, 15) is 15.2 Å². The molecule has 4 nitrogen and oxygen atoms in total. The lowest BCUT2D eigenvalue weighted by Crippen LogP contribution is -2.27. The van der Waals surface area contributed by atoms with Gasteiger partial charge in [0.15, 0.2) is 6.10 Å². The summed E-state index contributed by atoms with van der Waals surface area (Å²) >= 11 is 2.75. The number of nitro groups is 1. The summed E-state index contributed by atoms with van der Waals surface area (Å²) in [5, 5.41) is 21.1. The van der Waals surface area contributed by atoms with Gasteiger partial charge in [-0.05, 0) is 28.3 Å². The van der Waals surface area contributed by atoms with Crippen LogP contribution in [0.15, 0.2) is 0 Å². The highest BCUT2D eigenvalue weighted by Crippen LogP contribution is 2.35. The molecular weight excluding hydrogens is 214 g/mol. The summed E-state index contributed by atoms with van der Waals surface area (Å²) in [6.07, 6.45) is 1.49. The molecule has 1 rings (SSSR count). The van der Waals surface area contributed by atoms with Crippen LogP contribution in [-0.4, -0.2) is 16.0 Å². The molecule has 0 saturated heterocycles. The van der Waals surface area contributed by atoms with Gasteiger partial charge in [0.2, 0.25) is 0 Å². The van der Waals surface area contributed by atoms with Crippen LogP contribution in [0, 0.1) is 16.0 Å². The molecule has 0 bridgehead atoms. The third-order valence-corrected chi connectivity index (χ3v) is 2.69. The zero-order chi connectivity index (χ0) is 8.43. The van der Waals surface area contributed by atoms with Gasteiger partial charge in [-0.1, -0.05) is 12.8 Å². The summed E-state index contributed by atoms with van der Waals surface area (Å²) in [6, 6.07) is 0. The fourth-order valence-electron chi connectivity index (χ4n) is 0.930. The van der Waals surface area contributed by atoms with Gasteiger partial charge >= 0.3 is 0 Å². The van der Waals surface area contributed by atoms with Crippen LogP contribution in [0.5, 0.6) is 0 Å². The molecule has 63 valence electrons. The van der Waals surface area contributed by atoms with Crippen LogP contribution in [-0.2, 0) is 5.11 Å². The summed E-state index contributed by atoms with van der Waals surface area (Å²) in [5.74, 6) is 0.456. The largest absolute Gasteiger partial charge is 0.294 e. The molecule has 11 heavy (non-hydrogen) atoms. The van der Waals surface area contributed by atoms with Crippen molar-refractivity contribution in [3.05, 3.63) is 10.1 Å². The average molecular weight is 223 g/mol. The molecule has 1 fully saturated rings. The molecule has 0 heterocycles. The molecule has 0 amide bonds. The topological polar surface area (TPSA) is 63.0 Å². The van der Waals surface area contributed by atoms with E-state index in [4.69, 9.17) is 0 Å². The lowest BCUT2D eigenvalue weighted by molar-refractivity contribution is -0.506. The molecule has 0 aliphatic heterocycles. The lowest BCUT2D eigenvalue weighted by atomic mass is 10.2. The van der Waals surface area contributed by atoms with Crippen molar-refractivity contribution in [2.45, 2.75) is 30.3 Å². The molecule has 0 aromatic carbocycles. The Morgan fingerprint density at radius 3 is 2.55 bits per heavy atom. The van der Waals surface area contributed by atoms with Gasteiger partial charge in [0, 0.05) is 4.92 Å². The van der Waals surface area contributed by atoms with E-state index in [0.717, 1.165) is 12.8 Å². The molecular formula is C6H9BrNO3. The average Bonchev–Trinajstić information content (AvgIpc) is 2.69. The standard InChI is InChI=1S/C6H9BrNO3/c7-6(8(10)11)5(9)3-4-1-2-4/h4-6H,1-3H2. The molecule has 0 aromatic rings. The fraction of sp³-hybridized carbons (Fsp3) is 1.00. The maximum atomic E-state index is 11.0. The molecule has 0 aromatic heterocycles. The summed E-state index contributed by atoms with van der Waals surface area (Å²) in [5.41, 5.74) is 0. The third kappa shape index (κ3) is 2.75. The Bertz CT molecular complexity index is 160. The maximum Gasteiger partial charge on any atom is 0.294 e. The summed E-state index contributed by atoms with van der Waals surface area (Å²) in [6.45, 7) is 0. The minimum Gasteiger partial charge on any atom is -0.263 e. The minimum atomic E-state index is -1.11. The van der Waals surface area contributed by atoms with E-state index in [0.29, 0.717) is 12.3 Å². The number of hydrogen-bond acceptors (Lipinski definition) is 2. The van der Waals surface area contributed by atoms with Crippen molar-refractivity contribution < 1.29 is 10.0 Å². The van der Waals surface area contributed by atoms with Crippen molar-refractivity contribution in [1.29, 1.82) is 0 Å². The van der Waals surface area contributed by atoms with Gasteiger partial charge in [-0.3, -0.25) is 10.1 Å². The molecule has 2 atom stereocenters. The first-order valence-electron chi connectivity index (χ1n) is 3.54. The Morgan fingerprint density at radius 2 is 2.18 bits per heavy atom. The molecule has 0 N–H and O–H groups in total. The van der Waals surface area contributed by atoms with Crippen molar-refractivity contribution in [2.24, 2.45) is 5.92 Å². The first-order chi connectivity index (χ1) is 5.11. The van der Waals surface area contributed by atoms with E-state index >= 15 is 0 Å². The van der Waals surface area contributed by atoms with Crippen molar-refractivity contribution >= 4 is 15.9 Å². The predicted octanol–water partition coefficient (Wildman–Crippen LogP) is 1.58. The molecule has 1 aliphatic rings. The first kappa shape index (κ1) is 8.93. The second-order valence-corrected chi connectivity index (χ2v) is 3.81. The van der Waals surface area contributed by atoms with Crippen LogP contribution in [0.25, 0.3) is 0 Å². The van der Waals surface area contributed by atoms with Crippen molar-refractivity contribution in [2.75, 3.05) is 0 Å². The van der Waals surface area contributed by atoms with E-state index in [1.54, 1.807) is 0 Å². The number of hydrogen-bond donors (Lipinski definition) is 0. The minimum absolute atomic E-state index is 0.441. The van der Waals surface area contributed by atoms with Gasteiger partial charge in [-0.25, -0.2) is 5.11 Å². The monoisotopic (exact) mass is 222 g/mol. The van der Waals surface area contributed by atoms with E-state index < -0.39 is 16.0 Å². The number of rotatable bonds is 4. The summed E-state index contributed by atoms with van der Waals surface area (Å²) in [4.78, 5) is 8.42. The van der Waals surface area contributed by atoms with Gasteiger partial charge in [0.1, 0.15) is 0 Å². The van der Waals surface area contributed by atoms with Crippen LogP contribution in [0.3, 0.4) is 0 Å². The second-order valence-electron chi connectivity index (χ2n) is 2.88. The molecule has 0 spiro atoms. The molecule has 2 unspecified atom stereocenters. The van der Waals surface area contributed by atoms with Crippen molar-refractivity contribution in [1.82, 2.24) is 0 Å². The number of alkyl halides is 1. The maximum absolute atomic E-state index is 11.0. The number of nitrogens with zero attached hydrogens (tertiary/aromatic N) is 1.